The van der Waals surface area contributed by atoms with Gasteiger partial charge in [-0.25, -0.2) is 4.99 Å². The summed E-state index contributed by atoms with van der Waals surface area (Å²) in [5, 5.41) is 6.43. The molecule has 3 rings (SSSR count). The Morgan fingerprint density at radius 1 is 1.42 bits per heavy atom. The zero-order valence-corrected chi connectivity index (χ0v) is 16.1. The Morgan fingerprint density at radius 3 is 2.96 bits per heavy atom. The van der Waals surface area contributed by atoms with E-state index in [4.69, 9.17) is 9.73 Å². The largest absolute Gasteiger partial charge is 0.497 e. The van der Waals surface area contributed by atoms with Crippen LogP contribution < -0.4 is 15.4 Å². The van der Waals surface area contributed by atoms with Gasteiger partial charge in [0.1, 0.15) is 5.75 Å². The number of aryl methyl sites for hydroxylation is 1. The van der Waals surface area contributed by atoms with E-state index in [-0.39, 0.29) is 11.3 Å². The number of likely N-dealkylation sites (tertiary alicyclic amines) is 1. The van der Waals surface area contributed by atoms with E-state index in [2.05, 4.69) is 35.4 Å². The van der Waals surface area contributed by atoms with Crippen LogP contribution in [0.15, 0.2) is 23.2 Å². The number of carbonyl (C=O) groups excluding carboxylic acids is 1. The van der Waals surface area contributed by atoms with E-state index in [1.165, 1.54) is 5.56 Å². The van der Waals surface area contributed by atoms with Crippen molar-refractivity contribution in [3.8, 4) is 5.75 Å². The van der Waals surface area contributed by atoms with Gasteiger partial charge in [0.2, 0.25) is 5.91 Å². The van der Waals surface area contributed by atoms with E-state index in [1.54, 1.807) is 7.11 Å². The van der Waals surface area contributed by atoms with Crippen LogP contribution in [-0.2, 0) is 11.3 Å². The average Bonchev–Trinajstić information content (AvgIpc) is 2.97. The second-order valence-electron chi connectivity index (χ2n) is 7.51. The first-order chi connectivity index (χ1) is 12.5. The van der Waals surface area contributed by atoms with Crippen LogP contribution in [0, 0.1) is 12.3 Å². The molecular weight excluding hydrogens is 328 g/mol. The minimum Gasteiger partial charge on any atom is -0.497 e. The molecule has 2 aliphatic heterocycles. The molecule has 2 saturated heterocycles. The molecule has 2 aliphatic rings. The van der Waals surface area contributed by atoms with E-state index < -0.39 is 0 Å². The zero-order chi connectivity index (χ0) is 18.6. The molecule has 0 aromatic heterocycles. The summed E-state index contributed by atoms with van der Waals surface area (Å²) < 4.78 is 5.37. The number of hydrogen-bond donors (Lipinski definition) is 2. The predicted molar refractivity (Wildman–Crippen MR) is 103 cm³/mol. The van der Waals surface area contributed by atoms with Gasteiger partial charge in [-0.15, -0.1) is 0 Å². The van der Waals surface area contributed by atoms with Gasteiger partial charge in [0.25, 0.3) is 0 Å². The van der Waals surface area contributed by atoms with Crippen molar-refractivity contribution in [3.63, 3.8) is 0 Å². The molecule has 1 amide bonds. The summed E-state index contributed by atoms with van der Waals surface area (Å²) in [5.74, 6) is 1.99. The maximum absolute atomic E-state index is 11.7. The zero-order valence-electron chi connectivity index (χ0n) is 16.1. The predicted octanol–water partition coefficient (Wildman–Crippen LogP) is 2.07. The summed E-state index contributed by atoms with van der Waals surface area (Å²) in [7, 11) is 1.69. The number of rotatable bonds is 4. The molecule has 6 nitrogen and oxygen atoms in total. The maximum atomic E-state index is 11.7. The molecule has 0 saturated carbocycles. The van der Waals surface area contributed by atoms with E-state index >= 15 is 0 Å². The third-order valence-corrected chi connectivity index (χ3v) is 5.25. The Labute approximate surface area is 156 Å². The van der Waals surface area contributed by atoms with Gasteiger partial charge in [-0.05, 0) is 49.9 Å². The highest BCUT2D eigenvalue weighted by atomic mass is 16.5. The number of carbonyl (C=O) groups is 1. The van der Waals surface area contributed by atoms with Crippen molar-refractivity contribution < 1.29 is 9.53 Å². The molecule has 0 aliphatic carbocycles. The molecule has 142 valence electrons. The summed E-state index contributed by atoms with van der Waals surface area (Å²) in [4.78, 5) is 18.9. The number of benzene rings is 1. The van der Waals surface area contributed by atoms with Crippen LogP contribution in [0.1, 0.15) is 37.3 Å². The standard InChI is InChI=1S/C20H30N4O2/c1-4-21-19(22-12-16-8-15(2)9-17(10-16)26-3)24-7-5-6-20(14-24)11-18(25)23-13-20/h8-10H,4-7,11-14H2,1-3H3,(H,21,22)(H,23,25). The van der Waals surface area contributed by atoms with Gasteiger partial charge >= 0.3 is 0 Å². The highest BCUT2D eigenvalue weighted by Gasteiger charge is 2.42. The van der Waals surface area contributed by atoms with Gasteiger partial charge in [-0.2, -0.15) is 0 Å². The topological polar surface area (TPSA) is 66.0 Å². The molecule has 1 aromatic rings. The minimum atomic E-state index is 0.0675. The number of hydrogen-bond acceptors (Lipinski definition) is 3. The molecule has 1 unspecified atom stereocenters. The summed E-state index contributed by atoms with van der Waals surface area (Å²) in [6.07, 6.45) is 2.84. The van der Waals surface area contributed by atoms with Crippen LogP contribution in [0.2, 0.25) is 0 Å². The molecule has 2 N–H and O–H groups in total. The molecule has 0 radical (unpaired) electrons. The highest BCUT2D eigenvalue weighted by Crippen LogP contribution is 2.36. The summed E-state index contributed by atoms with van der Waals surface area (Å²) >= 11 is 0. The lowest BCUT2D eigenvalue weighted by Crippen LogP contribution is -2.51. The first kappa shape index (κ1) is 18.5. The van der Waals surface area contributed by atoms with E-state index in [9.17, 15) is 4.79 Å². The molecule has 1 atom stereocenters. The lowest BCUT2D eigenvalue weighted by atomic mass is 9.79. The van der Waals surface area contributed by atoms with E-state index in [1.807, 2.05) is 12.1 Å². The van der Waals surface area contributed by atoms with Crippen molar-refractivity contribution in [2.75, 3.05) is 33.3 Å². The monoisotopic (exact) mass is 358 g/mol. The molecule has 26 heavy (non-hydrogen) atoms. The van der Waals surface area contributed by atoms with Gasteiger partial charge in [0.15, 0.2) is 5.96 Å². The van der Waals surface area contributed by atoms with Crippen LogP contribution in [0.25, 0.3) is 0 Å². The number of piperidine rings is 1. The molecule has 1 aromatic carbocycles. The van der Waals surface area contributed by atoms with Crippen molar-refractivity contribution in [2.45, 2.75) is 39.7 Å². The fourth-order valence-corrected chi connectivity index (χ4v) is 4.05. The van der Waals surface area contributed by atoms with Gasteiger partial charge in [-0.3, -0.25) is 4.79 Å². The Balaban J connectivity index is 1.74. The van der Waals surface area contributed by atoms with E-state index in [0.717, 1.165) is 56.3 Å². The first-order valence-electron chi connectivity index (χ1n) is 9.48. The van der Waals surface area contributed by atoms with Crippen molar-refractivity contribution in [1.29, 1.82) is 0 Å². The van der Waals surface area contributed by atoms with Crippen LogP contribution in [-0.4, -0.2) is 50.1 Å². The summed E-state index contributed by atoms with van der Waals surface area (Å²) in [6, 6.07) is 6.21. The Kier molecular flexibility index (Phi) is 5.69. The number of guanidine groups is 1. The normalized spacial score (nSPS) is 23.3. The van der Waals surface area contributed by atoms with Crippen molar-refractivity contribution in [3.05, 3.63) is 29.3 Å². The van der Waals surface area contributed by atoms with Gasteiger partial charge in [-0.1, -0.05) is 6.07 Å². The van der Waals surface area contributed by atoms with Crippen molar-refractivity contribution in [2.24, 2.45) is 10.4 Å². The van der Waals surface area contributed by atoms with Gasteiger partial charge < -0.3 is 20.3 Å². The number of methoxy groups -OCH3 is 1. The average molecular weight is 358 g/mol. The Morgan fingerprint density at radius 2 is 2.27 bits per heavy atom. The van der Waals surface area contributed by atoms with Crippen molar-refractivity contribution >= 4 is 11.9 Å². The number of amides is 1. The van der Waals surface area contributed by atoms with Crippen LogP contribution in [0.4, 0.5) is 0 Å². The fraction of sp³-hybridized carbons (Fsp3) is 0.600. The molecule has 2 fully saturated rings. The Hall–Kier alpha value is -2.24. The highest BCUT2D eigenvalue weighted by molar-refractivity contribution is 5.81. The lowest BCUT2D eigenvalue weighted by Gasteiger charge is -2.40. The second-order valence-corrected chi connectivity index (χ2v) is 7.51. The SMILES string of the molecule is CCNC(=NCc1cc(C)cc(OC)c1)N1CCCC2(CNC(=O)C2)C1. The number of ether oxygens (including phenoxy) is 1. The molecular formula is C20H30N4O2. The maximum Gasteiger partial charge on any atom is 0.220 e. The molecule has 0 bridgehead atoms. The van der Waals surface area contributed by atoms with Gasteiger partial charge in [0, 0.05) is 38.0 Å². The fourth-order valence-electron chi connectivity index (χ4n) is 4.05. The van der Waals surface area contributed by atoms with Crippen LogP contribution >= 0.6 is 0 Å². The molecule has 1 spiro atoms. The Bertz CT molecular complexity index is 688. The number of aliphatic imine (C=N–C) groups is 1. The lowest BCUT2D eigenvalue weighted by molar-refractivity contribution is -0.119. The number of nitrogens with zero attached hydrogens (tertiary/aromatic N) is 2. The first-order valence-corrected chi connectivity index (χ1v) is 9.48. The molecule has 6 heteroatoms. The second kappa shape index (κ2) is 7.98. The smallest absolute Gasteiger partial charge is 0.220 e. The quantitative estimate of drug-likeness (QED) is 0.639. The van der Waals surface area contributed by atoms with Gasteiger partial charge in [0.05, 0.1) is 13.7 Å². The molecule has 2 heterocycles. The summed E-state index contributed by atoms with van der Waals surface area (Å²) in [5.41, 5.74) is 2.38. The number of nitrogens with one attached hydrogen (secondary N) is 2. The van der Waals surface area contributed by atoms with Crippen LogP contribution in [0.5, 0.6) is 5.75 Å². The minimum absolute atomic E-state index is 0.0675. The van der Waals surface area contributed by atoms with Crippen LogP contribution in [0.3, 0.4) is 0 Å². The third kappa shape index (κ3) is 4.29. The summed E-state index contributed by atoms with van der Waals surface area (Å²) in [6.45, 7) is 8.26. The third-order valence-electron chi connectivity index (χ3n) is 5.25. The van der Waals surface area contributed by atoms with Crippen molar-refractivity contribution in [1.82, 2.24) is 15.5 Å². The van der Waals surface area contributed by atoms with E-state index in [0.29, 0.717) is 13.0 Å².